The highest BCUT2D eigenvalue weighted by molar-refractivity contribution is 6.06. The Kier molecular flexibility index (Phi) is 3.61. The molecule has 0 aromatic heterocycles. The van der Waals surface area contributed by atoms with Gasteiger partial charge in [-0.15, -0.1) is 0 Å². The minimum atomic E-state index is -0.375. The van der Waals surface area contributed by atoms with E-state index in [2.05, 4.69) is 10.6 Å². The van der Waals surface area contributed by atoms with Crippen molar-refractivity contribution in [3.8, 4) is 0 Å². The molecule has 1 aliphatic carbocycles. The van der Waals surface area contributed by atoms with Gasteiger partial charge in [-0.1, -0.05) is 19.3 Å². The topological polar surface area (TPSA) is 58.2 Å². The van der Waals surface area contributed by atoms with Gasteiger partial charge < -0.3 is 5.32 Å². The SMILES string of the molecule is O=C1CC(C2CCCCC2)(C2CCNCC2)C(=O)N1. The van der Waals surface area contributed by atoms with E-state index in [1.165, 1.54) is 19.3 Å². The van der Waals surface area contributed by atoms with Gasteiger partial charge in [0.15, 0.2) is 0 Å². The zero-order valence-corrected chi connectivity index (χ0v) is 11.5. The molecule has 0 aromatic carbocycles. The molecule has 2 heterocycles. The van der Waals surface area contributed by atoms with Gasteiger partial charge in [-0.25, -0.2) is 0 Å². The average Bonchev–Trinajstić information content (AvgIpc) is 2.76. The fraction of sp³-hybridized carbons (Fsp3) is 0.867. The van der Waals surface area contributed by atoms with Crippen LogP contribution in [0, 0.1) is 17.3 Å². The minimum absolute atomic E-state index is 0.0382. The van der Waals surface area contributed by atoms with Crippen LogP contribution in [-0.4, -0.2) is 24.9 Å². The summed E-state index contributed by atoms with van der Waals surface area (Å²) >= 11 is 0. The fourth-order valence-electron chi connectivity index (χ4n) is 4.58. The molecule has 0 aromatic rings. The van der Waals surface area contributed by atoms with Crippen LogP contribution < -0.4 is 10.6 Å². The molecule has 1 unspecified atom stereocenters. The summed E-state index contributed by atoms with van der Waals surface area (Å²) in [6.07, 6.45) is 8.51. The van der Waals surface area contributed by atoms with E-state index in [0.29, 0.717) is 18.3 Å². The Bertz CT molecular complexity index is 350. The van der Waals surface area contributed by atoms with E-state index in [1.54, 1.807) is 0 Å². The quantitative estimate of drug-likeness (QED) is 0.745. The Hall–Kier alpha value is -0.900. The van der Waals surface area contributed by atoms with E-state index < -0.39 is 0 Å². The number of carbonyl (C=O) groups excluding carboxylic acids is 2. The Labute approximate surface area is 114 Å². The van der Waals surface area contributed by atoms with Gasteiger partial charge in [-0.3, -0.25) is 14.9 Å². The van der Waals surface area contributed by atoms with Gasteiger partial charge in [0.05, 0.1) is 5.41 Å². The summed E-state index contributed by atoms with van der Waals surface area (Å²) in [7, 11) is 0. The van der Waals surface area contributed by atoms with Gasteiger partial charge in [0.1, 0.15) is 0 Å². The van der Waals surface area contributed by atoms with Crippen LogP contribution in [0.3, 0.4) is 0 Å². The molecule has 1 saturated carbocycles. The first-order valence-electron chi connectivity index (χ1n) is 7.78. The number of hydrogen-bond donors (Lipinski definition) is 2. The molecule has 0 radical (unpaired) electrons. The maximum atomic E-state index is 12.6. The van der Waals surface area contributed by atoms with E-state index in [-0.39, 0.29) is 17.2 Å². The van der Waals surface area contributed by atoms with Crippen molar-refractivity contribution in [1.82, 2.24) is 10.6 Å². The predicted molar refractivity (Wildman–Crippen MR) is 72.4 cm³/mol. The molecule has 1 atom stereocenters. The number of amides is 2. The maximum absolute atomic E-state index is 12.6. The molecule has 2 amide bonds. The van der Waals surface area contributed by atoms with Crippen LogP contribution in [0.4, 0.5) is 0 Å². The van der Waals surface area contributed by atoms with Crippen molar-refractivity contribution in [3.63, 3.8) is 0 Å². The largest absolute Gasteiger partial charge is 0.317 e. The van der Waals surface area contributed by atoms with Crippen LogP contribution in [0.25, 0.3) is 0 Å². The number of carbonyl (C=O) groups is 2. The lowest BCUT2D eigenvalue weighted by molar-refractivity contribution is -0.136. The number of imide groups is 1. The molecule has 0 spiro atoms. The van der Waals surface area contributed by atoms with Crippen LogP contribution in [0.1, 0.15) is 51.4 Å². The van der Waals surface area contributed by atoms with Crippen molar-refractivity contribution in [3.05, 3.63) is 0 Å². The first-order chi connectivity index (χ1) is 9.23. The number of piperidine rings is 1. The van der Waals surface area contributed by atoms with Crippen molar-refractivity contribution in [2.45, 2.75) is 51.4 Å². The monoisotopic (exact) mass is 264 g/mol. The van der Waals surface area contributed by atoms with Gasteiger partial charge in [0.2, 0.25) is 11.8 Å². The van der Waals surface area contributed by atoms with Gasteiger partial charge in [-0.2, -0.15) is 0 Å². The zero-order valence-electron chi connectivity index (χ0n) is 11.5. The average molecular weight is 264 g/mol. The first kappa shape index (κ1) is 13.1. The Morgan fingerprint density at radius 2 is 1.53 bits per heavy atom. The fourth-order valence-corrected chi connectivity index (χ4v) is 4.58. The molecule has 3 aliphatic rings. The van der Waals surface area contributed by atoms with Gasteiger partial charge in [0, 0.05) is 6.42 Å². The lowest BCUT2D eigenvalue weighted by Crippen LogP contribution is -2.48. The molecule has 4 heteroatoms. The molecule has 2 N–H and O–H groups in total. The lowest BCUT2D eigenvalue weighted by Gasteiger charge is -2.44. The molecule has 106 valence electrons. The standard InChI is InChI=1S/C15H24N2O2/c18-13-10-15(14(19)17-13,11-4-2-1-3-5-11)12-6-8-16-9-7-12/h11-12,16H,1-10H2,(H,17,18,19). The third-order valence-electron chi connectivity index (χ3n) is 5.53. The summed E-state index contributed by atoms with van der Waals surface area (Å²) in [5, 5.41) is 5.97. The van der Waals surface area contributed by atoms with Gasteiger partial charge >= 0.3 is 0 Å². The molecule has 3 rings (SSSR count). The van der Waals surface area contributed by atoms with Crippen LogP contribution in [-0.2, 0) is 9.59 Å². The lowest BCUT2D eigenvalue weighted by atomic mass is 9.59. The maximum Gasteiger partial charge on any atom is 0.233 e. The van der Waals surface area contributed by atoms with E-state index >= 15 is 0 Å². The third kappa shape index (κ3) is 2.20. The van der Waals surface area contributed by atoms with Crippen molar-refractivity contribution < 1.29 is 9.59 Å². The highest BCUT2D eigenvalue weighted by Crippen LogP contribution is 2.51. The summed E-state index contributed by atoms with van der Waals surface area (Å²) in [6.45, 7) is 1.97. The highest BCUT2D eigenvalue weighted by atomic mass is 16.2. The molecule has 3 fully saturated rings. The molecule has 2 saturated heterocycles. The minimum Gasteiger partial charge on any atom is -0.317 e. The summed E-state index contributed by atoms with van der Waals surface area (Å²) < 4.78 is 0. The number of rotatable bonds is 2. The molecular formula is C15H24N2O2. The van der Waals surface area contributed by atoms with E-state index in [1.807, 2.05) is 0 Å². The molecule has 2 aliphatic heterocycles. The van der Waals surface area contributed by atoms with Crippen molar-refractivity contribution in [2.24, 2.45) is 17.3 Å². The Morgan fingerprint density at radius 1 is 0.895 bits per heavy atom. The van der Waals surface area contributed by atoms with Gasteiger partial charge in [-0.05, 0) is 50.6 Å². The summed E-state index contributed by atoms with van der Waals surface area (Å²) in [5.41, 5.74) is -0.375. The summed E-state index contributed by atoms with van der Waals surface area (Å²) in [5.74, 6) is 0.810. The van der Waals surface area contributed by atoms with Crippen LogP contribution in [0.2, 0.25) is 0 Å². The van der Waals surface area contributed by atoms with E-state index in [0.717, 1.165) is 38.8 Å². The van der Waals surface area contributed by atoms with Gasteiger partial charge in [0.25, 0.3) is 0 Å². The first-order valence-corrected chi connectivity index (χ1v) is 7.78. The van der Waals surface area contributed by atoms with E-state index in [4.69, 9.17) is 0 Å². The van der Waals surface area contributed by atoms with Crippen molar-refractivity contribution in [1.29, 1.82) is 0 Å². The second-order valence-electron chi connectivity index (χ2n) is 6.45. The Balaban J connectivity index is 1.89. The summed E-state index contributed by atoms with van der Waals surface area (Å²) in [6, 6.07) is 0. The third-order valence-corrected chi connectivity index (χ3v) is 5.53. The second-order valence-corrected chi connectivity index (χ2v) is 6.45. The zero-order chi connectivity index (χ0) is 13.3. The van der Waals surface area contributed by atoms with Crippen molar-refractivity contribution >= 4 is 11.8 Å². The summed E-state index contributed by atoms with van der Waals surface area (Å²) in [4.78, 5) is 24.4. The Morgan fingerprint density at radius 3 is 2.11 bits per heavy atom. The molecule has 19 heavy (non-hydrogen) atoms. The molecule has 4 nitrogen and oxygen atoms in total. The van der Waals surface area contributed by atoms with Crippen LogP contribution in [0.15, 0.2) is 0 Å². The molecular weight excluding hydrogens is 240 g/mol. The number of nitrogens with one attached hydrogen (secondary N) is 2. The smallest absolute Gasteiger partial charge is 0.233 e. The normalized spacial score (nSPS) is 34.5. The highest BCUT2D eigenvalue weighted by Gasteiger charge is 2.56. The second kappa shape index (κ2) is 5.23. The number of hydrogen-bond acceptors (Lipinski definition) is 3. The van der Waals surface area contributed by atoms with Crippen molar-refractivity contribution in [2.75, 3.05) is 13.1 Å². The van der Waals surface area contributed by atoms with E-state index in [9.17, 15) is 9.59 Å². The van der Waals surface area contributed by atoms with Crippen LogP contribution in [0.5, 0.6) is 0 Å². The van der Waals surface area contributed by atoms with Crippen LogP contribution >= 0.6 is 0 Å². The predicted octanol–water partition coefficient (Wildman–Crippen LogP) is 1.60. The molecule has 0 bridgehead atoms.